The van der Waals surface area contributed by atoms with Crippen molar-refractivity contribution in [2.75, 3.05) is 12.1 Å². The number of fused-ring (bicyclic) bond motifs is 2. The first kappa shape index (κ1) is 20.8. The number of rotatable bonds is 5. The monoisotopic (exact) mass is 444 g/mol. The van der Waals surface area contributed by atoms with Crippen LogP contribution in [0.15, 0.2) is 59.5 Å². The fraction of sp³-hybridized carbons (Fsp3) is 0.240. The Labute approximate surface area is 190 Å². The number of carbonyl (C=O) groups is 1. The van der Waals surface area contributed by atoms with Crippen molar-refractivity contribution in [3.05, 3.63) is 76.5 Å². The van der Waals surface area contributed by atoms with Crippen molar-refractivity contribution < 1.29 is 14.3 Å². The highest BCUT2D eigenvalue weighted by Crippen LogP contribution is 2.35. The predicted octanol–water partition coefficient (Wildman–Crippen LogP) is 4.12. The molecule has 0 saturated carbocycles. The van der Waals surface area contributed by atoms with Crippen LogP contribution in [0.5, 0.6) is 11.5 Å². The van der Waals surface area contributed by atoms with Crippen LogP contribution in [0, 0.1) is 13.8 Å². The number of hydrogen-bond donors (Lipinski definition) is 1. The Hall–Kier alpha value is -4.07. The normalized spacial score (nSPS) is 13.3. The van der Waals surface area contributed by atoms with Gasteiger partial charge >= 0.3 is 0 Å². The molecule has 2 aromatic carbocycles. The average molecular weight is 444 g/mol. The number of hydrogen-bond acceptors (Lipinski definition) is 5. The fourth-order valence-corrected chi connectivity index (χ4v) is 4.49. The summed E-state index contributed by atoms with van der Waals surface area (Å²) in [5, 5.41) is 8.68. The van der Waals surface area contributed by atoms with Crippen molar-refractivity contribution in [3.8, 4) is 17.2 Å². The standard InChI is InChI=1S/C25H24N4O4/c1-4-20(24(30)27-17-10-11-21-22(12-17)33-14-32-21)28-15(2)19-13-26-29(18-8-6-5-7-9-18)25(31)23(19)16(28)3/h5-13,20H,4,14H2,1-3H3,(H,27,30). The van der Waals surface area contributed by atoms with Crippen molar-refractivity contribution in [1.82, 2.24) is 14.3 Å². The molecule has 2 aromatic heterocycles. The number of carbonyl (C=O) groups excluding carboxylic acids is 1. The molecule has 4 aromatic rings. The van der Waals surface area contributed by atoms with E-state index in [1.54, 1.807) is 24.4 Å². The van der Waals surface area contributed by atoms with Gasteiger partial charge in [-0.3, -0.25) is 9.59 Å². The first-order valence-corrected chi connectivity index (χ1v) is 10.8. The van der Waals surface area contributed by atoms with Crippen molar-refractivity contribution in [2.45, 2.75) is 33.2 Å². The summed E-state index contributed by atoms with van der Waals surface area (Å²) in [4.78, 5) is 26.7. The van der Waals surface area contributed by atoms with Crippen LogP contribution in [0.25, 0.3) is 16.5 Å². The summed E-state index contributed by atoms with van der Waals surface area (Å²) in [6.45, 7) is 5.92. The molecular formula is C25H24N4O4. The van der Waals surface area contributed by atoms with Crippen molar-refractivity contribution in [2.24, 2.45) is 0 Å². The van der Waals surface area contributed by atoms with Gasteiger partial charge in [-0.15, -0.1) is 0 Å². The minimum absolute atomic E-state index is 0.167. The molecule has 1 aliphatic rings. The molecule has 1 N–H and O–H groups in total. The van der Waals surface area contributed by atoms with E-state index in [0.717, 1.165) is 16.8 Å². The topological polar surface area (TPSA) is 87.4 Å². The zero-order chi connectivity index (χ0) is 23.1. The largest absolute Gasteiger partial charge is 0.454 e. The second kappa shape index (κ2) is 8.12. The molecule has 0 fully saturated rings. The van der Waals surface area contributed by atoms with Gasteiger partial charge in [-0.05, 0) is 44.5 Å². The maximum atomic E-state index is 13.4. The van der Waals surface area contributed by atoms with Gasteiger partial charge in [0.15, 0.2) is 11.5 Å². The van der Waals surface area contributed by atoms with Crippen LogP contribution in [0.4, 0.5) is 5.69 Å². The number of amides is 1. The molecule has 1 aliphatic heterocycles. The summed E-state index contributed by atoms with van der Waals surface area (Å²) in [5.41, 5.74) is 2.70. The SMILES string of the molecule is CCC(C(=O)Nc1ccc2c(c1)OCO2)n1c(C)c2cnn(-c3ccccc3)c(=O)c2c1C. The minimum atomic E-state index is -0.493. The molecule has 0 saturated heterocycles. The zero-order valence-corrected chi connectivity index (χ0v) is 18.7. The number of benzene rings is 2. The highest BCUT2D eigenvalue weighted by Gasteiger charge is 2.26. The van der Waals surface area contributed by atoms with E-state index in [2.05, 4.69) is 10.4 Å². The number of aromatic nitrogens is 3. The lowest BCUT2D eigenvalue weighted by Gasteiger charge is -2.21. The number of nitrogens with one attached hydrogen (secondary N) is 1. The van der Waals surface area contributed by atoms with E-state index in [9.17, 15) is 9.59 Å². The van der Waals surface area contributed by atoms with Gasteiger partial charge in [0, 0.05) is 28.5 Å². The van der Waals surface area contributed by atoms with Gasteiger partial charge in [-0.1, -0.05) is 25.1 Å². The van der Waals surface area contributed by atoms with Crippen LogP contribution < -0.4 is 20.3 Å². The van der Waals surface area contributed by atoms with Gasteiger partial charge < -0.3 is 19.4 Å². The third-order valence-electron chi connectivity index (χ3n) is 6.09. The highest BCUT2D eigenvalue weighted by molar-refractivity contribution is 5.95. The summed E-state index contributed by atoms with van der Waals surface area (Å²) >= 11 is 0. The number of anilines is 1. The zero-order valence-electron chi connectivity index (χ0n) is 18.7. The van der Waals surface area contributed by atoms with Crippen molar-refractivity contribution >= 4 is 22.4 Å². The summed E-state index contributed by atoms with van der Waals surface area (Å²) < 4.78 is 14.1. The van der Waals surface area contributed by atoms with E-state index in [-0.39, 0.29) is 18.3 Å². The lowest BCUT2D eigenvalue weighted by molar-refractivity contribution is -0.119. The molecule has 8 heteroatoms. The highest BCUT2D eigenvalue weighted by atomic mass is 16.7. The maximum absolute atomic E-state index is 13.4. The minimum Gasteiger partial charge on any atom is -0.454 e. The molecule has 8 nitrogen and oxygen atoms in total. The Morgan fingerprint density at radius 1 is 1.09 bits per heavy atom. The van der Waals surface area contributed by atoms with Gasteiger partial charge in [0.2, 0.25) is 12.7 Å². The number of para-hydroxylation sites is 1. The molecule has 1 unspecified atom stereocenters. The number of nitrogens with zero attached hydrogens (tertiary/aromatic N) is 3. The van der Waals surface area contributed by atoms with E-state index in [4.69, 9.17) is 9.47 Å². The first-order valence-electron chi connectivity index (χ1n) is 10.8. The predicted molar refractivity (Wildman–Crippen MR) is 125 cm³/mol. The smallest absolute Gasteiger partial charge is 0.281 e. The Morgan fingerprint density at radius 3 is 2.61 bits per heavy atom. The van der Waals surface area contributed by atoms with Crippen LogP contribution >= 0.6 is 0 Å². The quantitative estimate of drug-likeness (QED) is 0.500. The number of ether oxygens (including phenoxy) is 2. The summed E-state index contributed by atoms with van der Waals surface area (Å²) in [7, 11) is 0. The van der Waals surface area contributed by atoms with Crippen LogP contribution in [0.1, 0.15) is 30.8 Å². The Balaban J connectivity index is 1.54. The van der Waals surface area contributed by atoms with Crippen molar-refractivity contribution in [3.63, 3.8) is 0 Å². The lowest BCUT2D eigenvalue weighted by atomic mass is 10.1. The third-order valence-corrected chi connectivity index (χ3v) is 6.09. The van der Waals surface area contributed by atoms with Gasteiger partial charge in [-0.2, -0.15) is 9.78 Å². The second-order valence-corrected chi connectivity index (χ2v) is 8.01. The third kappa shape index (κ3) is 3.44. The second-order valence-electron chi connectivity index (χ2n) is 8.01. The van der Waals surface area contributed by atoms with Gasteiger partial charge in [-0.25, -0.2) is 0 Å². The Morgan fingerprint density at radius 2 is 1.85 bits per heavy atom. The molecule has 0 aliphatic carbocycles. The van der Waals surface area contributed by atoms with Gasteiger partial charge in [0.1, 0.15) is 6.04 Å². The Bertz CT molecular complexity index is 1420. The molecule has 1 atom stereocenters. The Kier molecular flexibility index (Phi) is 5.12. The van der Waals surface area contributed by atoms with E-state index in [0.29, 0.717) is 34.7 Å². The molecule has 33 heavy (non-hydrogen) atoms. The molecule has 5 rings (SSSR count). The van der Waals surface area contributed by atoms with E-state index in [1.807, 2.05) is 55.7 Å². The van der Waals surface area contributed by atoms with Gasteiger partial charge in [0.25, 0.3) is 5.56 Å². The molecule has 0 radical (unpaired) electrons. The molecule has 1 amide bonds. The average Bonchev–Trinajstić information content (AvgIpc) is 3.38. The first-order chi connectivity index (χ1) is 16.0. The molecule has 0 spiro atoms. The summed E-state index contributed by atoms with van der Waals surface area (Å²) in [6, 6.07) is 14.1. The van der Waals surface area contributed by atoms with Crippen LogP contribution in [0.2, 0.25) is 0 Å². The van der Waals surface area contributed by atoms with E-state index < -0.39 is 6.04 Å². The molecule has 168 valence electrons. The molecular weight excluding hydrogens is 420 g/mol. The lowest BCUT2D eigenvalue weighted by Crippen LogP contribution is -2.27. The maximum Gasteiger partial charge on any atom is 0.281 e. The van der Waals surface area contributed by atoms with Crippen LogP contribution in [-0.4, -0.2) is 27.0 Å². The fourth-order valence-electron chi connectivity index (χ4n) is 4.49. The summed E-state index contributed by atoms with van der Waals surface area (Å²) in [6.07, 6.45) is 2.25. The number of aryl methyl sites for hydroxylation is 2. The van der Waals surface area contributed by atoms with E-state index >= 15 is 0 Å². The van der Waals surface area contributed by atoms with Crippen molar-refractivity contribution in [1.29, 1.82) is 0 Å². The van der Waals surface area contributed by atoms with Gasteiger partial charge in [0.05, 0.1) is 17.3 Å². The van der Waals surface area contributed by atoms with Crippen LogP contribution in [-0.2, 0) is 4.79 Å². The summed E-state index contributed by atoms with van der Waals surface area (Å²) in [5.74, 6) is 1.09. The van der Waals surface area contributed by atoms with E-state index in [1.165, 1.54) is 4.68 Å². The molecule has 0 bridgehead atoms. The molecule has 3 heterocycles. The van der Waals surface area contributed by atoms with Crippen LogP contribution in [0.3, 0.4) is 0 Å².